The van der Waals surface area contributed by atoms with Crippen LogP contribution in [-0.4, -0.2) is 16.5 Å². The van der Waals surface area contributed by atoms with Crippen molar-refractivity contribution >= 4 is 16.6 Å². The number of H-pyrrole nitrogens is 1. The van der Waals surface area contributed by atoms with E-state index in [0.29, 0.717) is 5.92 Å². The Balaban J connectivity index is 1.69. The van der Waals surface area contributed by atoms with Crippen LogP contribution in [0.15, 0.2) is 42.7 Å². The molecule has 1 aliphatic heterocycles. The first-order chi connectivity index (χ1) is 11.8. The van der Waals surface area contributed by atoms with E-state index in [4.69, 9.17) is 4.98 Å². The topological polar surface area (TPSA) is 31.9 Å². The van der Waals surface area contributed by atoms with Crippen LogP contribution in [0.1, 0.15) is 37.1 Å². The molecule has 0 radical (unpaired) electrons. The Morgan fingerprint density at radius 3 is 2.88 bits per heavy atom. The van der Waals surface area contributed by atoms with Crippen LogP contribution in [0.25, 0.3) is 10.9 Å². The predicted octanol–water partition coefficient (Wildman–Crippen LogP) is 4.71. The van der Waals surface area contributed by atoms with Crippen molar-refractivity contribution in [1.29, 1.82) is 0 Å². The zero-order valence-electron chi connectivity index (χ0n) is 14.5. The van der Waals surface area contributed by atoms with Gasteiger partial charge in [-0.3, -0.25) is 4.98 Å². The Kier molecular flexibility index (Phi) is 4.01. The van der Waals surface area contributed by atoms with Gasteiger partial charge in [0.25, 0.3) is 0 Å². The smallest absolute Gasteiger partial charge is 0.0801 e. The maximum Gasteiger partial charge on any atom is 0.0801 e. The summed E-state index contributed by atoms with van der Waals surface area (Å²) in [6.07, 6.45) is 7.47. The number of pyridine rings is 1. The summed E-state index contributed by atoms with van der Waals surface area (Å²) < 4.78 is 0. The van der Waals surface area contributed by atoms with Crippen LogP contribution in [0.2, 0.25) is 0 Å². The van der Waals surface area contributed by atoms with Crippen molar-refractivity contribution in [3.63, 3.8) is 0 Å². The summed E-state index contributed by atoms with van der Waals surface area (Å²) in [6.45, 7) is 6.57. The Morgan fingerprint density at radius 1 is 1.21 bits per heavy atom. The number of aromatic nitrogens is 2. The number of benzene rings is 1. The van der Waals surface area contributed by atoms with Gasteiger partial charge >= 0.3 is 0 Å². The Morgan fingerprint density at radius 2 is 2.04 bits per heavy atom. The number of hydrogen-bond donors (Lipinski definition) is 1. The van der Waals surface area contributed by atoms with Gasteiger partial charge in [-0.25, -0.2) is 0 Å². The van der Waals surface area contributed by atoms with Crippen LogP contribution in [0.4, 0.5) is 5.69 Å². The Bertz CT molecular complexity index is 849. The number of nitrogens with one attached hydrogen (secondary N) is 1. The molecule has 3 heteroatoms. The highest BCUT2D eigenvalue weighted by molar-refractivity contribution is 5.92. The van der Waals surface area contributed by atoms with Gasteiger partial charge in [0.05, 0.1) is 23.1 Å². The standard InChI is InChI=1S/C21H25N3/c1-3-15(2)12-19-18-8-10-22-21(18)20(13-23-19)24-11-9-16-6-4-5-7-17(16)14-24/h4-8,10,13,15,22H,3,9,11-12,14H2,1-2H3. The number of aromatic amines is 1. The molecule has 3 nitrogen and oxygen atoms in total. The fraction of sp³-hybridized carbons (Fsp3) is 0.381. The van der Waals surface area contributed by atoms with E-state index in [1.165, 1.54) is 39.8 Å². The van der Waals surface area contributed by atoms with E-state index in [1.54, 1.807) is 0 Å². The minimum Gasteiger partial charge on any atom is -0.364 e. The molecule has 0 saturated heterocycles. The number of anilines is 1. The summed E-state index contributed by atoms with van der Waals surface area (Å²) in [5.41, 5.74) is 6.62. The largest absolute Gasteiger partial charge is 0.364 e. The molecule has 0 amide bonds. The zero-order chi connectivity index (χ0) is 16.5. The van der Waals surface area contributed by atoms with Crippen LogP contribution < -0.4 is 4.90 Å². The molecule has 1 atom stereocenters. The molecule has 0 bridgehead atoms. The maximum absolute atomic E-state index is 4.84. The SMILES string of the molecule is CCC(C)Cc1ncc(N2CCc3ccccc3C2)c2[nH]ccc12. The van der Waals surface area contributed by atoms with Crippen molar-refractivity contribution in [1.82, 2.24) is 9.97 Å². The normalized spacial score (nSPS) is 15.5. The minimum absolute atomic E-state index is 0.670. The molecule has 0 spiro atoms. The molecule has 124 valence electrons. The lowest BCUT2D eigenvalue weighted by molar-refractivity contribution is 0.555. The lowest BCUT2D eigenvalue weighted by Gasteiger charge is -2.31. The molecule has 3 aromatic rings. The van der Waals surface area contributed by atoms with Gasteiger partial charge in [-0.2, -0.15) is 0 Å². The van der Waals surface area contributed by atoms with Crippen molar-refractivity contribution in [2.24, 2.45) is 5.92 Å². The second-order valence-electron chi connectivity index (χ2n) is 7.01. The van der Waals surface area contributed by atoms with Crippen LogP contribution in [0.5, 0.6) is 0 Å². The van der Waals surface area contributed by atoms with Crippen molar-refractivity contribution < 1.29 is 0 Å². The first-order valence-electron chi connectivity index (χ1n) is 9.03. The summed E-state index contributed by atoms with van der Waals surface area (Å²) in [7, 11) is 0. The number of rotatable bonds is 4. The van der Waals surface area contributed by atoms with E-state index in [0.717, 1.165) is 25.9 Å². The molecule has 1 aliphatic rings. The molecule has 2 aromatic heterocycles. The summed E-state index contributed by atoms with van der Waals surface area (Å²) >= 11 is 0. The first kappa shape index (κ1) is 15.3. The van der Waals surface area contributed by atoms with E-state index >= 15 is 0 Å². The quantitative estimate of drug-likeness (QED) is 0.755. The lowest BCUT2D eigenvalue weighted by atomic mass is 9.98. The number of nitrogens with zero attached hydrogens (tertiary/aromatic N) is 2. The molecular weight excluding hydrogens is 294 g/mol. The van der Waals surface area contributed by atoms with Crippen LogP contribution in [0, 0.1) is 5.92 Å². The van der Waals surface area contributed by atoms with Gasteiger partial charge in [0.2, 0.25) is 0 Å². The zero-order valence-corrected chi connectivity index (χ0v) is 14.5. The molecule has 0 saturated carbocycles. The van der Waals surface area contributed by atoms with Crippen molar-refractivity contribution in [3.05, 3.63) is 59.5 Å². The molecular formula is C21H25N3. The van der Waals surface area contributed by atoms with E-state index in [1.807, 2.05) is 6.20 Å². The minimum atomic E-state index is 0.670. The molecule has 1 N–H and O–H groups in total. The summed E-state index contributed by atoms with van der Waals surface area (Å²) in [4.78, 5) is 10.8. The highest BCUT2D eigenvalue weighted by atomic mass is 15.1. The second-order valence-corrected chi connectivity index (χ2v) is 7.01. The van der Waals surface area contributed by atoms with Crippen molar-refractivity contribution in [2.75, 3.05) is 11.4 Å². The van der Waals surface area contributed by atoms with E-state index < -0.39 is 0 Å². The van der Waals surface area contributed by atoms with Gasteiger partial charge in [-0.15, -0.1) is 0 Å². The predicted molar refractivity (Wildman–Crippen MR) is 100 cm³/mol. The third-order valence-corrected chi connectivity index (χ3v) is 5.37. The average Bonchev–Trinajstić information content (AvgIpc) is 3.11. The highest BCUT2D eigenvalue weighted by Gasteiger charge is 2.20. The third kappa shape index (κ3) is 2.68. The molecule has 1 aromatic carbocycles. The summed E-state index contributed by atoms with van der Waals surface area (Å²) in [5, 5.41) is 1.28. The molecule has 4 rings (SSSR count). The second kappa shape index (κ2) is 6.31. The molecule has 0 fully saturated rings. The van der Waals surface area contributed by atoms with Gasteiger partial charge in [0.15, 0.2) is 0 Å². The summed E-state index contributed by atoms with van der Waals surface area (Å²) in [6, 6.07) is 11.0. The molecule has 3 heterocycles. The van der Waals surface area contributed by atoms with Crippen LogP contribution >= 0.6 is 0 Å². The van der Waals surface area contributed by atoms with Crippen molar-refractivity contribution in [2.45, 2.75) is 39.7 Å². The van der Waals surface area contributed by atoms with Crippen LogP contribution in [-0.2, 0) is 19.4 Å². The van der Waals surface area contributed by atoms with Gasteiger partial charge in [-0.05, 0) is 36.0 Å². The Hall–Kier alpha value is -2.29. The number of fused-ring (bicyclic) bond motifs is 2. The molecule has 24 heavy (non-hydrogen) atoms. The fourth-order valence-corrected chi connectivity index (χ4v) is 3.67. The number of hydrogen-bond acceptors (Lipinski definition) is 2. The lowest BCUT2D eigenvalue weighted by Crippen LogP contribution is -2.30. The molecule has 0 aliphatic carbocycles. The van der Waals surface area contributed by atoms with Crippen molar-refractivity contribution in [3.8, 4) is 0 Å². The molecule has 1 unspecified atom stereocenters. The fourth-order valence-electron chi connectivity index (χ4n) is 3.67. The third-order valence-electron chi connectivity index (χ3n) is 5.37. The van der Waals surface area contributed by atoms with E-state index in [2.05, 4.69) is 60.3 Å². The van der Waals surface area contributed by atoms with E-state index in [9.17, 15) is 0 Å². The highest BCUT2D eigenvalue weighted by Crippen LogP contribution is 2.31. The summed E-state index contributed by atoms with van der Waals surface area (Å²) in [5.74, 6) is 0.670. The Labute approximate surface area is 143 Å². The van der Waals surface area contributed by atoms with Gasteiger partial charge in [-0.1, -0.05) is 44.5 Å². The maximum atomic E-state index is 4.84. The average molecular weight is 319 g/mol. The van der Waals surface area contributed by atoms with Gasteiger partial charge in [0.1, 0.15) is 0 Å². The van der Waals surface area contributed by atoms with Crippen LogP contribution in [0.3, 0.4) is 0 Å². The van der Waals surface area contributed by atoms with Gasteiger partial charge < -0.3 is 9.88 Å². The first-order valence-corrected chi connectivity index (χ1v) is 9.03. The van der Waals surface area contributed by atoms with E-state index in [-0.39, 0.29) is 0 Å². The van der Waals surface area contributed by atoms with Gasteiger partial charge in [0, 0.05) is 24.7 Å². The monoisotopic (exact) mass is 319 g/mol.